The molecular formula is C18H16ClN3O2. The summed E-state index contributed by atoms with van der Waals surface area (Å²) in [6, 6.07) is 14.3. The summed E-state index contributed by atoms with van der Waals surface area (Å²) in [5, 5.41) is 8.19. The van der Waals surface area contributed by atoms with Gasteiger partial charge in [-0.2, -0.15) is 5.10 Å². The summed E-state index contributed by atoms with van der Waals surface area (Å²) < 4.78 is 1.53. The normalized spacial score (nSPS) is 12.1. The topological polar surface area (TPSA) is 64.0 Å². The van der Waals surface area contributed by atoms with Crippen LogP contribution in [-0.4, -0.2) is 15.7 Å². The van der Waals surface area contributed by atoms with E-state index in [0.717, 1.165) is 5.56 Å². The van der Waals surface area contributed by atoms with Crippen LogP contribution in [0.5, 0.6) is 0 Å². The molecule has 122 valence electrons. The fraction of sp³-hybridized carbons (Fsp3) is 0.167. The number of halogens is 1. The number of hydrogen-bond acceptors (Lipinski definition) is 3. The van der Waals surface area contributed by atoms with Crippen LogP contribution in [0.4, 0.5) is 0 Å². The maximum Gasteiger partial charge on any atom is 0.242 e. The highest BCUT2D eigenvalue weighted by Gasteiger charge is 2.12. The van der Waals surface area contributed by atoms with E-state index in [1.807, 2.05) is 25.1 Å². The summed E-state index contributed by atoms with van der Waals surface area (Å²) in [7, 11) is 0. The third kappa shape index (κ3) is 3.46. The number of nitrogens with zero attached hydrogens (tertiary/aromatic N) is 2. The monoisotopic (exact) mass is 341 g/mol. The Labute approximate surface area is 143 Å². The lowest BCUT2D eigenvalue weighted by atomic mass is 10.1. The second-order valence-corrected chi connectivity index (χ2v) is 5.96. The van der Waals surface area contributed by atoms with Crippen molar-refractivity contribution in [3.63, 3.8) is 0 Å². The van der Waals surface area contributed by atoms with Crippen LogP contribution >= 0.6 is 11.6 Å². The van der Waals surface area contributed by atoms with Gasteiger partial charge in [0, 0.05) is 10.4 Å². The van der Waals surface area contributed by atoms with Gasteiger partial charge >= 0.3 is 0 Å². The van der Waals surface area contributed by atoms with Crippen LogP contribution in [0.25, 0.3) is 10.9 Å². The molecule has 0 radical (unpaired) electrons. The minimum Gasteiger partial charge on any atom is -0.348 e. The van der Waals surface area contributed by atoms with Crippen LogP contribution in [0.15, 0.2) is 59.5 Å². The molecule has 0 saturated heterocycles. The largest absolute Gasteiger partial charge is 0.348 e. The highest BCUT2D eigenvalue weighted by Crippen LogP contribution is 2.16. The minimum absolute atomic E-state index is 0.0404. The van der Waals surface area contributed by atoms with Gasteiger partial charge < -0.3 is 5.32 Å². The number of carbonyl (C=O) groups excluding carboxylic acids is 1. The van der Waals surface area contributed by atoms with Crippen molar-refractivity contribution in [3.05, 3.63) is 75.5 Å². The van der Waals surface area contributed by atoms with Gasteiger partial charge in [0.15, 0.2) is 0 Å². The molecule has 1 atom stereocenters. The number of aromatic nitrogens is 2. The number of rotatable bonds is 4. The Kier molecular flexibility index (Phi) is 4.62. The summed E-state index contributed by atoms with van der Waals surface area (Å²) >= 11 is 5.87. The second kappa shape index (κ2) is 6.84. The summed E-state index contributed by atoms with van der Waals surface area (Å²) in [5.74, 6) is -0.182. The molecular weight excluding hydrogens is 326 g/mol. The number of carbonyl (C=O) groups is 1. The first-order chi connectivity index (χ1) is 11.5. The van der Waals surface area contributed by atoms with Crippen LogP contribution < -0.4 is 10.7 Å². The van der Waals surface area contributed by atoms with E-state index in [0.29, 0.717) is 15.9 Å². The second-order valence-electron chi connectivity index (χ2n) is 5.52. The molecule has 3 aromatic rings. The Morgan fingerprint density at radius 1 is 1.21 bits per heavy atom. The molecule has 1 aromatic heterocycles. The van der Waals surface area contributed by atoms with Crippen LogP contribution in [-0.2, 0) is 11.3 Å². The fourth-order valence-electron chi connectivity index (χ4n) is 2.54. The minimum atomic E-state index is -0.182. The number of fused-ring (bicyclic) bond motifs is 1. The zero-order valence-electron chi connectivity index (χ0n) is 13.1. The van der Waals surface area contributed by atoms with Gasteiger partial charge in [-0.1, -0.05) is 35.9 Å². The molecule has 0 aliphatic heterocycles. The molecule has 1 heterocycles. The van der Waals surface area contributed by atoms with E-state index in [4.69, 9.17) is 11.6 Å². The molecule has 0 spiro atoms. The first-order valence-electron chi connectivity index (χ1n) is 7.54. The average Bonchev–Trinajstić information content (AvgIpc) is 2.58. The van der Waals surface area contributed by atoms with Gasteiger partial charge in [0.1, 0.15) is 6.54 Å². The molecule has 0 saturated carbocycles. The lowest BCUT2D eigenvalue weighted by Crippen LogP contribution is -2.31. The number of nitrogens with one attached hydrogen (secondary N) is 1. The highest BCUT2D eigenvalue weighted by molar-refractivity contribution is 6.30. The molecule has 1 amide bonds. The molecule has 1 unspecified atom stereocenters. The number of amides is 1. The van der Waals surface area contributed by atoms with Gasteiger partial charge in [0.25, 0.3) is 0 Å². The maximum atomic E-state index is 12.3. The van der Waals surface area contributed by atoms with E-state index in [9.17, 15) is 9.59 Å². The first kappa shape index (κ1) is 16.2. The molecule has 0 bridgehead atoms. The van der Waals surface area contributed by atoms with Gasteiger partial charge in [-0.05, 0) is 36.8 Å². The third-order valence-corrected chi connectivity index (χ3v) is 4.05. The SMILES string of the molecule is CC(NC(=O)Cn1ncc(=O)c2ccccc21)c1ccc(Cl)cc1. The fourth-order valence-corrected chi connectivity index (χ4v) is 2.67. The van der Waals surface area contributed by atoms with Crippen molar-refractivity contribution in [2.75, 3.05) is 0 Å². The summed E-state index contributed by atoms with van der Waals surface area (Å²) in [6.45, 7) is 1.94. The van der Waals surface area contributed by atoms with E-state index in [2.05, 4.69) is 10.4 Å². The Balaban J connectivity index is 1.77. The molecule has 5 nitrogen and oxygen atoms in total. The van der Waals surface area contributed by atoms with Crippen LogP contribution in [0, 0.1) is 0 Å². The quantitative estimate of drug-likeness (QED) is 0.793. The van der Waals surface area contributed by atoms with Gasteiger partial charge in [-0.25, -0.2) is 0 Å². The van der Waals surface area contributed by atoms with Crippen molar-refractivity contribution in [1.82, 2.24) is 15.1 Å². The van der Waals surface area contributed by atoms with Crippen molar-refractivity contribution in [1.29, 1.82) is 0 Å². The Morgan fingerprint density at radius 3 is 2.67 bits per heavy atom. The van der Waals surface area contributed by atoms with Gasteiger partial charge in [0.2, 0.25) is 11.3 Å². The van der Waals surface area contributed by atoms with Crippen molar-refractivity contribution in [3.8, 4) is 0 Å². The van der Waals surface area contributed by atoms with Crippen LogP contribution in [0.2, 0.25) is 5.02 Å². The van der Waals surface area contributed by atoms with Crippen LogP contribution in [0.1, 0.15) is 18.5 Å². The van der Waals surface area contributed by atoms with E-state index in [-0.39, 0.29) is 23.9 Å². The van der Waals surface area contributed by atoms with Crippen molar-refractivity contribution < 1.29 is 4.79 Å². The third-order valence-electron chi connectivity index (χ3n) is 3.80. The van der Waals surface area contributed by atoms with Crippen molar-refractivity contribution >= 4 is 28.4 Å². The molecule has 1 N–H and O–H groups in total. The molecule has 2 aromatic carbocycles. The molecule has 0 aliphatic carbocycles. The van der Waals surface area contributed by atoms with Crippen molar-refractivity contribution in [2.45, 2.75) is 19.5 Å². The average molecular weight is 342 g/mol. The predicted molar refractivity (Wildman–Crippen MR) is 94.0 cm³/mol. The number of para-hydroxylation sites is 1. The zero-order chi connectivity index (χ0) is 17.1. The maximum absolute atomic E-state index is 12.3. The van der Waals surface area contributed by atoms with Crippen molar-refractivity contribution in [2.24, 2.45) is 0 Å². The molecule has 6 heteroatoms. The summed E-state index contributed by atoms with van der Waals surface area (Å²) in [4.78, 5) is 24.1. The smallest absolute Gasteiger partial charge is 0.242 e. The van der Waals surface area contributed by atoms with Gasteiger partial charge in [0.05, 0.1) is 17.8 Å². The Hall–Kier alpha value is -2.66. The highest BCUT2D eigenvalue weighted by atomic mass is 35.5. The van der Waals surface area contributed by atoms with E-state index >= 15 is 0 Å². The predicted octanol–water partition coefficient (Wildman–Crippen LogP) is 2.93. The number of hydrogen-bond donors (Lipinski definition) is 1. The molecule has 24 heavy (non-hydrogen) atoms. The Morgan fingerprint density at radius 2 is 1.92 bits per heavy atom. The molecule has 3 rings (SSSR count). The summed E-state index contributed by atoms with van der Waals surface area (Å²) in [6.07, 6.45) is 1.23. The van der Waals surface area contributed by atoms with Gasteiger partial charge in [-0.15, -0.1) is 0 Å². The van der Waals surface area contributed by atoms with E-state index in [1.54, 1.807) is 30.3 Å². The molecule has 0 aliphatic rings. The van der Waals surface area contributed by atoms with Gasteiger partial charge in [-0.3, -0.25) is 14.3 Å². The standard InChI is InChI=1S/C18H16ClN3O2/c1-12(13-6-8-14(19)9-7-13)21-18(24)11-22-16-5-3-2-4-15(16)17(23)10-20-22/h2-10,12H,11H2,1H3,(H,21,24). The van der Waals surface area contributed by atoms with E-state index in [1.165, 1.54) is 10.9 Å². The van der Waals surface area contributed by atoms with Crippen LogP contribution in [0.3, 0.4) is 0 Å². The lowest BCUT2D eigenvalue weighted by molar-refractivity contribution is -0.122. The first-order valence-corrected chi connectivity index (χ1v) is 7.92. The Bertz CT molecular complexity index is 935. The summed E-state index contributed by atoms with van der Waals surface area (Å²) in [5.41, 5.74) is 1.45. The number of benzene rings is 2. The van der Waals surface area contributed by atoms with E-state index < -0.39 is 0 Å². The molecule has 0 fully saturated rings. The zero-order valence-corrected chi connectivity index (χ0v) is 13.8. The lowest BCUT2D eigenvalue weighted by Gasteiger charge is -2.15.